The standard InChI is InChI=1S/C23H24F3N3O2/c24-23(25,26)19-5-1-3-17(13-19)21(30)18-4-2-11-28(15-18)14-16-6-8-20(9-7-16)29-12-10-27-22(29)31/h1,3,5-9,13,18H,2,4,10-12,14-15H2,(H,27,31)/t18-/m0/s1. The first-order chi connectivity index (χ1) is 14.8. The number of halogens is 3. The van der Waals surface area contributed by atoms with E-state index in [1.807, 2.05) is 24.3 Å². The average Bonchev–Trinajstić information content (AvgIpc) is 3.19. The molecule has 2 aromatic rings. The fraction of sp³-hybridized carbons (Fsp3) is 0.391. The number of anilines is 1. The molecule has 1 atom stereocenters. The van der Waals surface area contributed by atoms with Crippen LogP contribution in [0.5, 0.6) is 0 Å². The van der Waals surface area contributed by atoms with Crippen molar-refractivity contribution >= 4 is 17.5 Å². The maximum Gasteiger partial charge on any atom is 0.416 e. The average molecular weight is 431 g/mol. The monoisotopic (exact) mass is 431 g/mol. The quantitative estimate of drug-likeness (QED) is 0.717. The second kappa shape index (κ2) is 8.70. The lowest BCUT2D eigenvalue weighted by molar-refractivity contribution is -0.137. The van der Waals surface area contributed by atoms with Crippen LogP contribution >= 0.6 is 0 Å². The number of ketones is 1. The molecule has 0 unspecified atom stereocenters. The summed E-state index contributed by atoms with van der Waals surface area (Å²) >= 11 is 0. The molecule has 0 saturated carbocycles. The summed E-state index contributed by atoms with van der Waals surface area (Å²) < 4.78 is 38.9. The van der Waals surface area contributed by atoms with Gasteiger partial charge in [0.15, 0.2) is 5.78 Å². The molecule has 2 fully saturated rings. The molecule has 2 amide bonds. The number of hydrogen-bond acceptors (Lipinski definition) is 3. The van der Waals surface area contributed by atoms with Crippen molar-refractivity contribution in [2.75, 3.05) is 31.1 Å². The number of Topliss-reactive ketones (excluding diaryl/α,β-unsaturated/α-hetero) is 1. The second-order valence-electron chi connectivity index (χ2n) is 8.07. The number of piperidine rings is 1. The van der Waals surface area contributed by atoms with Gasteiger partial charge in [0, 0.05) is 43.3 Å². The molecule has 0 spiro atoms. The molecule has 2 saturated heterocycles. The molecule has 0 aromatic heterocycles. The molecule has 31 heavy (non-hydrogen) atoms. The van der Waals surface area contributed by atoms with Crippen molar-refractivity contribution in [2.24, 2.45) is 5.92 Å². The van der Waals surface area contributed by atoms with Gasteiger partial charge in [0.05, 0.1) is 5.56 Å². The molecule has 0 aliphatic carbocycles. The van der Waals surface area contributed by atoms with Crippen LogP contribution in [0.1, 0.15) is 34.3 Å². The predicted molar refractivity (Wildman–Crippen MR) is 111 cm³/mol. The van der Waals surface area contributed by atoms with Crippen LogP contribution in [0, 0.1) is 5.92 Å². The second-order valence-corrected chi connectivity index (χ2v) is 8.07. The van der Waals surface area contributed by atoms with E-state index in [2.05, 4.69) is 10.2 Å². The lowest BCUT2D eigenvalue weighted by atomic mass is 9.89. The summed E-state index contributed by atoms with van der Waals surface area (Å²) in [4.78, 5) is 28.5. The summed E-state index contributed by atoms with van der Waals surface area (Å²) in [6, 6.07) is 12.4. The Morgan fingerprint density at radius 3 is 2.55 bits per heavy atom. The van der Waals surface area contributed by atoms with Crippen molar-refractivity contribution in [3.05, 3.63) is 65.2 Å². The highest BCUT2D eigenvalue weighted by molar-refractivity contribution is 5.98. The lowest BCUT2D eigenvalue weighted by Gasteiger charge is -2.32. The number of carbonyl (C=O) groups is 2. The normalized spacial score (nSPS) is 20.0. The number of rotatable bonds is 5. The molecule has 1 N–H and O–H groups in total. The molecular formula is C23H24F3N3O2. The molecular weight excluding hydrogens is 407 g/mol. The highest BCUT2D eigenvalue weighted by atomic mass is 19.4. The van der Waals surface area contributed by atoms with E-state index in [1.54, 1.807) is 4.90 Å². The van der Waals surface area contributed by atoms with Crippen molar-refractivity contribution in [3.8, 4) is 0 Å². The first-order valence-electron chi connectivity index (χ1n) is 10.4. The smallest absolute Gasteiger partial charge is 0.336 e. The van der Waals surface area contributed by atoms with E-state index in [4.69, 9.17) is 0 Å². The minimum atomic E-state index is -4.46. The molecule has 2 aromatic carbocycles. The summed E-state index contributed by atoms with van der Waals surface area (Å²) in [7, 11) is 0. The summed E-state index contributed by atoms with van der Waals surface area (Å²) in [5.74, 6) is -0.545. The number of likely N-dealkylation sites (tertiary alicyclic amines) is 1. The van der Waals surface area contributed by atoms with Crippen LogP contribution in [0.15, 0.2) is 48.5 Å². The van der Waals surface area contributed by atoms with Crippen LogP contribution in [0.3, 0.4) is 0 Å². The van der Waals surface area contributed by atoms with Gasteiger partial charge in [0.2, 0.25) is 0 Å². The van der Waals surface area contributed by atoms with Gasteiger partial charge in [-0.25, -0.2) is 4.79 Å². The molecule has 5 nitrogen and oxygen atoms in total. The Kier molecular flexibility index (Phi) is 6.00. The third-order valence-electron chi connectivity index (χ3n) is 5.86. The third-order valence-corrected chi connectivity index (χ3v) is 5.86. The van der Waals surface area contributed by atoms with Crippen molar-refractivity contribution in [1.82, 2.24) is 10.2 Å². The molecule has 8 heteroatoms. The molecule has 2 aliphatic heterocycles. The zero-order valence-electron chi connectivity index (χ0n) is 17.0. The van der Waals surface area contributed by atoms with E-state index in [0.717, 1.165) is 36.3 Å². The summed E-state index contributed by atoms with van der Waals surface area (Å²) in [5, 5.41) is 2.77. The first-order valence-corrected chi connectivity index (χ1v) is 10.4. The van der Waals surface area contributed by atoms with E-state index in [-0.39, 0.29) is 23.3 Å². The number of urea groups is 1. The topological polar surface area (TPSA) is 52.7 Å². The van der Waals surface area contributed by atoms with Gasteiger partial charge in [-0.15, -0.1) is 0 Å². The molecule has 0 bridgehead atoms. The highest BCUT2D eigenvalue weighted by Gasteiger charge is 2.32. The minimum Gasteiger partial charge on any atom is -0.336 e. The number of hydrogen-bond donors (Lipinski definition) is 1. The van der Waals surface area contributed by atoms with Gasteiger partial charge in [-0.3, -0.25) is 14.6 Å². The van der Waals surface area contributed by atoms with Crippen molar-refractivity contribution in [2.45, 2.75) is 25.6 Å². The summed E-state index contributed by atoms with van der Waals surface area (Å²) in [5.41, 5.74) is 1.23. The van der Waals surface area contributed by atoms with E-state index in [1.165, 1.54) is 12.1 Å². The van der Waals surface area contributed by atoms with Crippen LogP contribution in [-0.4, -0.2) is 42.9 Å². The van der Waals surface area contributed by atoms with Crippen molar-refractivity contribution in [3.63, 3.8) is 0 Å². The number of benzene rings is 2. The molecule has 2 heterocycles. The van der Waals surface area contributed by atoms with Gasteiger partial charge in [0.1, 0.15) is 0 Å². The Hall–Kier alpha value is -2.87. The predicted octanol–water partition coefficient (Wildman–Crippen LogP) is 4.33. The van der Waals surface area contributed by atoms with E-state index >= 15 is 0 Å². The fourth-order valence-corrected chi connectivity index (χ4v) is 4.26. The molecule has 2 aliphatic rings. The summed E-state index contributed by atoms with van der Waals surface area (Å²) in [6.07, 6.45) is -2.97. The van der Waals surface area contributed by atoms with Gasteiger partial charge in [-0.2, -0.15) is 13.2 Å². The third kappa shape index (κ3) is 4.90. The molecule has 0 radical (unpaired) electrons. The van der Waals surface area contributed by atoms with Crippen molar-refractivity contribution in [1.29, 1.82) is 0 Å². The number of nitrogens with zero attached hydrogens (tertiary/aromatic N) is 2. The van der Waals surface area contributed by atoms with Crippen molar-refractivity contribution < 1.29 is 22.8 Å². The zero-order chi connectivity index (χ0) is 22.0. The van der Waals surface area contributed by atoms with E-state index in [9.17, 15) is 22.8 Å². The SMILES string of the molecule is O=C(c1cccc(C(F)(F)F)c1)[C@H]1CCCN(Cc2ccc(N3CCNC3=O)cc2)C1. The largest absolute Gasteiger partial charge is 0.416 e. The van der Waals surface area contributed by atoms with Crippen LogP contribution in [-0.2, 0) is 12.7 Å². The van der Waals surface area contributed by atoms with Crippen LogP contribution in [0.4, 0.5) is 23.7 Å². The summed E-state index contributed by atoms with van der Waals surface area (Å²) in [6.45, 7) is 3.28. The van der Waals surface area contributed by atoms with Gasteiger partial charge in [-0.1, -0.05) is 24.3 Å². The number of alkyl halides is 3. The number of amides is 2. The van der Waals surface area contributed by atoms with Gasteiger partial charge >= 0.3 is 12.2 Å². The van der Waals surface area contributed by atoms with Crippen LogP contribution < -0.4 is 10.2 Å². The maximum atomic E-state index is 13.0. The lowest BCUT2D eigenvalue weighted by Crippen LogP contribution is -2.38. The molecule has 164 valence electrons. The van der Waals surface area contributed by atoms with Crippen LogP contribution in [0.2, 0.25) is 0 Å². The fourth-order valence-electron chi connectivity index (χ4n) is 4.26. The Morgan fingerprint density at radius 2 is 1.87 bits per heavy atom. The zero-order valence-corrected chi connectivity index (χ0v) is 17.0. The van der Waals surface area contributed by atoms with Crippen LogP contribution in [0.25, 0.3) is 0 Å². The maximum absolute atomic E-state index is 13.0. The minimum absolute atomic E-state index is 0.0975. The van der Waals surface area contributed by atoms with Gasteiger partial charge < -0.3 is 5.32 Å². The number of carbonyl (C=O) groups excluding carboxylic acids is 2. The van der Waals surface area contributed by atoms with E-state index < -0.39 is 11.7 Å². The van der Waals surface area contributed by atoms with Gasteiger partial charge in [0.25, 0.3) is 0 Å². The Morgan fingerprint density at radius 1 is 1.10 bits per heavy atom. The Labute approximate surface area is 178 Å². The first kappa shape index (κ1) is 21.4. The molecule has 4 rings (SSSR count). The van der Waals surface area contributed by atoms with Gasteiger partial charge in [-0.05, 0) is 49.2 Å². The Balaban J connectivity index is 1.39. The Bertz CT molecular complexity index is 959. The highest BCUT2D eigenvalue weighted by Crippen LogP contribution is 2.31. The van der Waals surface area contributed by atoms with E-state index in [0.29, 0.717) is 32.6 Å². The number of nitrogens with one attached hydrogen (secondary N) is 1.